The normalized spacial score (nSPS) is 19.9. The van der Waals surface area contributed by atoms with Gasteiger partial charge >= 0.3 is 5.97 Å². The minimum atomic E-state index is -0.805. The second-order valence-electron chi connectivity index (χ2n) is 7.94. The largest absolute Gasteiger partial charge is 0.462 e. The first-order valence-corrected chi connectivity index (χ1v) is 9.77. The molecule has 0 aliphatic carbocycles. The van der Waals surface area contributed by atoms with E-state index >= 15 is 0 Å². The number of nitrogens with zero attached hydrogens (tertiary/aromatic N) is 1. The van der Waals surface area contributed by atoms with E-state index in [-0.39, 0.29) is 25.0 Å². The summed E-state index contributed by atoms with van der Waals surface area (Å²) in [5, 5.41) is 0. The third-order valence-corrected chi connectivity index (χ3v) is 5.09. The van der Waals surface area contributed by atoms with Gasteiger partial charge in [0.05, 0.1) is 6.42 Å². The number of esters is 1. The lowest BCUT2D eigenvalue weighted by molar-refractivity contribution is -0.153. The number of carbonyl (C=O) groups excluding carboxylic acids is 1. The molecular formula is C21H21BrN2O4. The molecule has 2 aliphatic heterocycles. The number of nitrogens with two attached hydrogens (primary N) is 1. The molecule has 2 aliphatic rings. The second kappa shape index (κ2) is 6.51. The van der Waals surface area contributed by atoms with Gasteiger partial charge in [0.2, 0.25) is 0 Å². The van der Waals surface area contributed by atoms with Crippen LogP contribution in [0.25, 0.3) is 0 Å². The lowest BCUT2D eigenvalue weighted by Gasteiger charge is -2.33. The molecule has 4 rings (SSSR count). The van der Waals surface area contributed by atoms with E-state index < -0.39 is 11.1 Å². The molecule has 0 radical (unpaired) electrons. The number of ether oxygens (including phenoxy) is 3. The van der Waals surface area contributed by atoms with Gasteiger partial charge in [0, 0.05) is 15.6 Å². The fraction of sp³-hybridized carbons (Fsp3) is 0.333. The quantitative estimate of drug-likeness (QED) is 0.706. The van der Waals surface area contributed by atoms with Gasteiger partial charge in [-0.05, 0) is 56.7 Å². The summed E-state index contributed by atoms with van der Waals surface area (Å²) in [6.45, 7) is 5.82. The molecule has 0 saturated carbocycles. The number of fused-ring (bicyclic) bond motifs is 4. The van der Waals surface area contributed by atoms with Crippen molar-refractivity contribution in [1.29, 1.82) is 0 Å². The SMILES string of the molecule is CC(C)(C)OC(=O)Cc1ccc2c(c1)[C@]1(COC(N)=N1)c1cc(Br)ccc1O2. The van der Waals surface area contributed by atoms with Crippen LogP contribution in [-0.2, 0) is 26.2 Å². The molecule has 0 unspecified atom stereocenters. The summed E-state index contributed by atoms with van der Waals surface area (Å²) in [4.78, 5) is 16.9. The first-order valence-electron chi connectivity index (χ1n) is 8.98. The van der Waals surface area contributed by atoms with Gasteiger partial charge in [-0.2, -0.15) is 0 Å². The molecule has 2 aromatic carbocycles. The fourth-order valence-electron chi connectivity index (χ4n) is 3.53. The van der Waals surface area contributed by atoms with Crippen LogP contribution in [0.2, 0.25) is 0 Å². The van der Waals surface area contributed by atoms with Crippen LogP contribution in [0.4, 0.5) is 0 Å². The van der Waals surface area contributed by atoms with Crippen molar-refractivity contribution in [2.45, 2.75) is 38.3 Å². The Balaban J connectivity index is 1.77. The van der Waals surface area contributed by atoms with Gasteiger partial charge in [0.25, 0.3) is 6.02 Å². The van der Waals surface area contributed by atoms with E-state index in [4.69, 9.17) is 19.9 Å². The Morgan fingerprint density at radius 1 is 1.21 bits per heavy atom. The van der Waals surface area contributed by atoms with E-state index in [1.807, 2.05) is 57.2 Å². The molecule has 0 saturated heterocycles. The van der Waals surface area contributed by atoms with Crippen molar-refractivity contribution in [3.63, 3.8) is 0 Å². The number of rotatable bonds is 2. The zero-order valence-corrected chi connectivity index (χ0v) is 17.5. The lowest BCUT2D eigenvalue weighted by atomic mass is 9.80. The van der Waals surface area contributed by atoms with E-state index in [2.05, 4.69) is 20.9 Å². The molecule has 2 N–H and O–H groups in total. The van der Waals surface area contributed by atoms with Crippen molar-refractivity contribution in [3.05, 3.63) is 57.6 Å². The molecule has 6 nitrogen and oxygen atoms in total. The molecule has 2 heterocycles. The zero-order valence-electron chi connectivity index (χ0n) is 15.9. The average molecular weight is 445 g/mol. The Bertz CT molecular complexity index is 996. The molecule has 0 bridgehead atoms. The maximum Gasteiger partial charge on any atom is 0.310 e. The number of aliphatic imine (C=N–C) groups is 1. The molecule has 28 heavy (non-hydrogen) atoms. The molecule has 1 spiro atoms. The third kappa shape index (κ3) is 3.35. The first-order chi connectivity index (χ1) is 13.2. The Morgan fingerprint density at radius 2 is 1.89 bits per heavy atom. The van der Waals surface area contributed by atoms with Crippen LogP contribution in [-0.4, -0.2) is 24.2 Å². The Kier molecular flexibility index (Phi) is 4.38. The van der Waals surface area contributed by atoms with Crippen LogP contribution < -0.4 is 10.5 Å². The van der Waals surface area contributed by atoms with Crippen LogP contribution in [0.5, 0.6) is 11.5 Å². The zero-order chi connectivity index (χ0) is 20.1. The number of hydrogen-bond acceptors (Lipinski definition) is 6. The molecule has 146 valence electrons. The summed E-state index contributed by atoms with van der Waals surface area (Å²) in [7, 11) is 0. The Labute approximate surface area is 171 Å². The number of halogens is 1. The van der Waals surface area contributed by atoms with Crippen molar-refractivity contribution >= 4 is 27.9 Å². The van der Waals surface area contributed by atoms with E-state index in [9.17, 15) is 4.79 Å². The smallest absolute Gasteiger partial charge is 0.310 e. The summed E-state index contributed by atoms with van der Waals surface area (Å²) < 4.78 is 18.0. The molecule has 7 heteroatoms. The van der Waals surface area contributed by atoms with Crippen LogP contribution in [0, 0.1) is 0 Å². The van der Waals surface area contributed by atoms with Gasteiger partial charge in [-0.15, -0.1) is 0 Å². The monoisotopic (exact) mass is 444 g/mol. The van der Waals surface area contributed by atoms with Crippen LogP contribution >= 0.6 is 15.9 Å². The highest BCUT2D eigenvalue weighted by Crippen LogP contribution is 2.51. The summed E-state index contributed by atoms with van der Waals surface area (Å²) in [6.07, 6.45) is 0.159. The highest BCUT2D eigenvalue weighted by Gasteiger charge is 2.47. The van der Waals surface area contributed by atoms with Gasteiger partial charge in [0.15, 0.2) is 5.54 Å². The van der Waals surface area contributed by atoms with Crippen molar-refractivity contribution in [2.24, 2.45) is 10.7 Å². The standard InChI is InChI=1S/C21H21BrN2O4/c1-20(2,3)28-18(25)9-12-4-6-16-14(8-12)21(11-26-19(23)24-21)15-10-13(22)5-7-17(15)27-16/h4-8,10H,9,11H2,1-3H3,(H2,23,24)/t21-/m1/s1. The van der Waals surface area contributed by atoms with Crippen molar-refractivity contribution in [2.75, 3.05) is 6.61 Å². The molecule has 0 amide bonds. The molecule has 0 fully saturated rings. The maximum atomic E-state index is 12.3. The van der Waals surface area contributed by atoms with Crippen LogP contribution in [0.15, 0.2) is 45.9 Å². The number of carbonyl (C=O) groups is 1. The van der Waals surface area contributed by atoms with Gasteiger partial charge in [-0.1, -0.05) is 22.0 Å². The summed E-state index contributed by atoms with van der Waals surface area (Å²) in [5.74, 6) is 1.09. The summed E-state index contributed by atoms with van der Waals surface area (Å²) >= 11 is 3.51. The van der Waals surface area contributed by atoms with E-state index in [1.165, 1.54) is 0 Å². The van der Waals surface area contributed by atoms with Gasteiger partial charge in [-0.25, -0.2) is 4.99 Å². The Morgan fingerprint density at radius 3 is 2.54 bits per heavy atom. The molecule has 1 atom stereocenters. The number of hydrogen-bond donors (Lipinski definition) is 1. The molecule has 0 aromatic heterocycles. The minimum Gasteiger partial charge on any atom is -0.462 e. The number of amidine groups is 1. The van der Waals surface area contributed by atoms with Crippen molar-refractivity contribution < 1.29 is 19.0 Å². The predicted molar refractivity (Wildman–Crippen MR) is 109 cm³/mol. The van der Waals surface area contributed by atoms with Crippen molar-refractivity contribution in [3.8, 4) is 11.5 Å². The second-order valence-corrected chi connectivity index (χ2v) is 8.85. The maximum absolute atomic E-state index is 12.3. The fourth-order valence-corrected chi connectivity index (χ4v) is 3.89. The Hall–Kier alpha value is -2.54. The average Bonchev–Trinajstić information content (AvgIpc) is 2.97. The minimum absolute atomic E-state index is 0.135. The van der Waals surface area contributed by atoms with Gasteiger partial charge in [-0.3, -0.25) is 4.79 Å². The lowest BCUT2D eigenvalue weighted by Crippen LogP contribution is -2.31. The summed E-state index contributed by atoms with van der Waals surface area (Å²) in [6, 6.07) is 11.5. The summed E-state index contributed by atoms with van der Waals surface area (Å²) in [5.41, 5.74) is 7.05. The molecule has 2 aromatic rings. The highest BCUT2D eigenvalue weighted by atomic mass is 79.9. The van der Waals surface area contributed by atoms with Gasteiger partial charge < -0.3 is 19.9 Å². The van der Waals surface area contributed by atoms with Crippen LogP contribution in [0.3, 0.4) is 0 Å². The highest BCUT2D eigenvalue weighted by molar-refractivity contribution is 9.10. The molecular weight excluding hydrogens is 424 g/mol. The third-order valence-electron chi connectivity index (χ3n) is 4.60. The number of benzene rings is 2. The van der Waals surface area contributed by atoms with Crippen molar-refractivity contribution in [1.82, 2.24) is 0 Å². The first kappa shape index (κ1) is 18.8. The van der Waals surface area contributed by atoms with E-state index in [0.29, 0.717) is 11.5 Å². The van der Waals surface area contributed by atoms with E-state index in [1.54, 1.807) is 0 Å². The predicted octanol–water partition coefficient (Wildman–Crippen LogP) is 4.03. The van der Waals surface area contributed by atoms with Gasteiger partial charge in [0.1, 0.15) is 23.7 Å². The topological polar surface area (TPSA) is 83.1 Å². The van der Waals surface area contributed by atoms with Crippen LogP contribution in [0.1, 0.15) is 37.5 Å². The van der Waals surface area contributed by atoms with E-state index in [0.717, 1.165) is 21.2 Å².